The maximum Gasteiger partial charge on any atom is 0.0383 e. The van der Waals surface area contributed by atoms with Gasteiger partial charge in [-0.05, 0) is 56.4 Å². The molecule has 0 aromatic heterocycles. The topological polar surface area (TPSA) is 24.1 Å². The van der Waals surface area contributed by atoms with Crippen LogP contribution in [0.2, 0.25) is 0 Å². The highest BCUT2D eigenvalue weighted by atomic mass is 14.9. The Labute approximate surface area is 147 Å². The number of allylic oxidation sites excluding steroid dienone is 12. The summed E-state index contributed by atoms with van der Waals surface area (Å²) in [4.78, 5) is 0. The summed E-state index contributed by atoms with van der Waals surface area (Å²) in [5.74, 6) is 0. The molecule has 0 aliphatic carbocycles. The molecule has 0 unspecified atom stereocenters. The summed E-state index contributed by atoms with van der Waals surface area (Å²) in [5, 5.41) is 6.57. The average Bonchev–Trinajstić information content (AvgIpc) is 2.60. The van der Waals surface area contributed by atoms with Gasteiger partial charge in [0.15, 0.2) is 0 Å². The van der Waals surface area contributed by atoms with Gasteiger partial charge in [0.1, 0.15) is 0 Å². The first kappa shape index (κ1) is 21.0. The predicted molar refractivity (Wildman–Crippen MR) is 109 cm³/mol. The highest BCUT2D eigenvalue weighted by Gasteiger charge is 1.95. The van der Waals surface area contributed by atoms with Gasteiger partial charge in [0.05, 0.1) is 0 Å². The lowest BCUT2D eigenvalue weighted by Gasteiger charge is -2.09. The summed E-state index contributed by atoms with van der Waals surface area (Å²) < 4.78 is 0. The summed E-state index contributed by atoms with van der Waals surface area (Å²) in [6.07, 6.45) is 22.4. The van der Waals surface area contributed by atoms with Gasteiger partial charge in [-0.15, -0.1) is 0 Å². The van der Waals surface area contributed by atoms with Crippen LogP contribution in [0.15, 0.2) is 122 Å². The highest BCUT2D eigenvalue weighted by molar-refractivity contribution is 5.35. The van der Waals surface area contributed by atoms with Crippen molar-refractivity contribution in [3.8, 4) is 0 Å². The van der Waals surface area contributed by atoms with Crippen molar-refractivity contribution in [3.05, 3.63) is 122 Å². The first-order valence-electron chi connectivity index (χ1n) is 7.76. The number of nitrogens with one attached hydrogen (secondary N) is 2. The van der Waals surface area contributed by atoms with Crippen molar-refractivity contribution in [3.63, 3.8) is 0 Å². The smallest absolute Gasteiger partial charge is 0.0383 e. The van der Waals surface area contributed by atoms with Crippen LogP contribution in [0.25, 0.3) is 0 Å². The fourth-order valence-electron chi connectivity index (χ4n) is 1.66. The zero-order valence-electron chi connectivity index (χ0n) is 14.8. The lowest BCUT2D eigenvalue weighted by Crippen LogP contribution is -2.11. The van der Waals surface area contributed by atoms with E-state index in [0.29, 0.717) is 0 Å². The summed E-state index contributed by atoms with van der Waals surface area (Å²) in [6, 6.07) is 0. The third-order valence-corrected chi connectivity index (χ3v) is 2.83. The number of hydrogen-bond donors (Lipinski definition) is 2. The van der Waals surface area contributed by atoms with Crippen LogP contribution >= 0.6 is 0 Å². The van der Waals surface area contributed by atoms with Crippen LogP contribution in [-0.2, 0) is 0 Å². The van der Waals surface area contributed by atoms with Gasteiger partial charge in [0.25, 0.3) is 0 Å². The molecule has 0 bridgehead atoms. The Balaban J connectivity index is 5.33. The van der Waals surface area contributed by atoms with Crippen molar-refractivity contribution in [1.29, 1.82) is 0 Å². The molecular formula is C22H28N2. The Morgan fingerprint density at radius 2 is 1.25 bits per heavy atom. The van der Waals surface area contributed by atoms with E-state index >= 15 is 0 Å². The van der Waals surface area contributed by atoms with Crippen molar-refractivity contribution in [2.45, 2.75) is 13.8 Å². The molecule has 0 rings (SSSR count). The monoisotopic (exact) mass is 320 g/mol. The molecule has 2 heteroatoms. The minimum Gasteiger partial charge on any atom is -0.356 e. The summed E-state index contributed by atoms with van der Waals surface area (Å²) in [6.45, 7) is 19.0. The molecule has 24 heavy (non-hydrogen) atoms. The largest absolute Gasteiger partial charge is 0.356 e. The van der Waals surface area contributed by atoms with Crippen molar-refractivity contribution < 1.29 is 0 Å². The van der Waals surface area contributed by atoms with Crippen LogP contribution in [0, 0.1) is 0 Å². The number of rotatable bonds is 11. The third kappa shape index (κ3) is 9.11. The fraction of sp³-hybridized carbons (Fsp3) is 0.0909. The maximum atomic E-state index is 3.84. The van der Waals surface area contributed by atoms with Crippen molar-refractivity contribution in [2.24, 2.45) is 0 Å². The second kappa shape index (κ2) is 13.6. The van der Waals surface area contributed by atoms with Crippen molar-refractivity contribution >= 4 is 0 Å². The average molecular weight is 320 g/mol. The lowest BCUT2D eigenvalue weighted by molar-refractivity contribution is 1.03. The van der Waals surface area contributed by atoms with E-state index in [2.05, 4.69) is 36.9 Å². The maximum absolute atomic E-state index is 3.84. The quantitative estimate of drug-likeness (QED) is 0.484. The van der Waals surface area contributed by atoms with Crippen LogP contribution in [0.3, 0.4) is 0 Å². The van der Waals surface area contributed by atoms with Crippen molar-refractivity contribution in [1.82, 2.24) is 10.6 Å². The molecule has 0 heterocycles. The second-order valence-electron chi connectivity index (χ2n) is 4.60. The van der Waals surface area contributed by atoms with Gasteiger partial charge in [0.2, 0.25) is 0 Å². The third-order valence-electron chi connectivity index (χ3n) is 2.83. The molecule has 0 radical (unpaired) electrons. The molecule has 0 fully saturated rings. The Kier molecular flexibility index (Phi) is 11.9. The van der Waals surface area contributed by atoms with E-state index in [9.17, 15) is 0 Å². The minimum atomic E-state index is 0.853. The van der Waals surface area contributed by atoms with Gasteiger partial charge >= 0.3 is 0 Å². The van der Waals surface area contributed by atoms with Crippen molar-refractivity contribution in [2.75, 3.05) is 0 Å². The lowest BCUT2D eigenvalue weighted by atomic mass is 10.2. The predicted octanol–water partition coefficient (Wildman–Crippen LogP) is 5.60. The molecule has 2 nitrogen and oxygen atoms in total. The minimum absolute atomic E-state index is 0.853. The molecule has 0 saturated heterocycles. The fourth-order valence-corrected chi connectivity index (χ4v) is 1.66. The molecule has 0 spiro atoms. The molecule has 0 aromatic carbocycles. The zero-order valence-corrected chi connectivity index (χ0v) is 14.8. The van der Waals surface area contributed by atoms with Crippen LogP contribution in [0.4, 0.5) is 0 Å². The molecule has 0 aliphatic heterocycles. The van der Waals surface area contributed by atoms with E-state index < -0.39 is 0 Å². The molecule has 2 N–H and O–H groups in total. The van der Waals surface area contributed by atoms with Gasteiger partial charge < -0.3 is 10.6 Å². The van der Waals surface area contributed by atoms with E-state index in [1.165, 1.54) is 0 Å². The van der Waals surface area contributed by atoms with Gasteiger partial charge in [-0.2, -0.15) is 0 Å². The standard InChI is InChI=1S/C22H28N2/c1-7-13-16-22(15-9-3)24-21(12-6)18-17-20(11-5)23-19(10-4)14-8-2/h7-18,23-24H,1,3,5-6H2,2,4H3/b14-8-,16-13-,19-10+,20-17+,21-18+,22-15+. The van der Waals surface area contributed by atoms with Gasteiger partial charge in [-0.1, -0.05) is 56.7 Å². The van der Waals surface area contributed by atoms with Gasteiger partial charge in [-0.25, -0.2) is 0 Å². The van der Waals surface area contributed by atoms with E-state index in [1.807, 2.05) is 62.5 Å². The van der Waals surface area contributed by atoms with Gasteiger partial charge in [-0.3, -0.25) is 0 Å². The zero-order chi connectivity index (χ0) is 18.2. The normalized spacial score (nSPS) is 13.9. The van der Waals surface area contributed by atoms with Gasteiger partial charge in [0, 0.05) is 22.8 Å². The second-order valence-corrected chi connectivity index (χ2v) is 4.60. The highest BCUT2D eigenvalue weighted by Crippen LogP contribution is 2.04. The van der Waals surface area contributed by atoms with E-state index in [1.54, 1.807) is 24.3 Å². The molecule has 0 aliphatic rings. The molecular weight excluding hydrogens is 292 g/mol. The number of hydrogen-bond acceptors (Lipinski definition) is 2. The Morgan fingerprint density at radius 1 is 0.667 bits per heavy atom. The van der Waals surface area contributed by atoms with E-state index in [-0.39, 0.29) is 0 Å². The summed E-state index contributed by atoms with van der Waals surface area (Å²) >= 11 is 0. The molecule has 0 atom stereocenters. The van der Waals surface area contributed by atoms with Crippen LogP contribution in [0.5, 0.6) is 0 Å². The molecule has 0 amide bonds. The Bertz CT molecular complexity index is 620. The van der Waals surface area contributed by atoms with E-state index in [4.69, 9.17) is 0 Å². The Morgan fingerprint density at radius 3 is 1.67 bits per heavy atom. The van der Waals surface area contributed by atoms with E-state index in [0.717, 1.165) is 22.8 Å². The molecule has 126 valence electrons. The van der Waals surface area contributed by atoms with Crippen LogP contribution in [0.1, 0.15) is 13.8 Å². The SMILES string of the molecule is C=C/C=C\C(=C/C=C)N/C(C=C)=C/C=C(\C=C)NC(/C=C\C)=C/C. The first-order valence-corrected chi connectivity index (χ1v) is 7.76. The first-order chi connectivity index (χ1) is 11.6. The summed E-state index contributed by atoms with van der Waals surface area (Å²) in [7, 11) is 0. The Hall–Kier alpha value is -3.00. The molecule has 0 saturated carbocycles. The summed E-state index contributed by atoms with van der Waals surface area (Å²) in [5.41, 5.74) is 3.64. The van der Waals surface area contributed by atoms with Crippen LogP contribution < -0.4 is 10.6 Å². The van der Waals surface area contributed by atoms with Crippen LogP contribution in [-0.4, -0.2) is 0 Å². The molecule has 0 aromatic rings.